The molecule has 0 amide bonds. The number of rotatable bonds is 6. The minimum Gasteiger partial charge on any atom is -0.309 e. The molecule has 0 saturated carbocycles. The zero-order valence-electron chi connectivity index (χ0n) is 32.0. The topological polar surface area (TPSA) is 3.24 Å². The molecule has 0 bridgehead atoms. The Morgan fingerprint density at radius 1 is 0.254 bits per heavy atom. The van der Waals surface area contributed by atoms with Crippen LogP contribution in [0.25, 0.3) is 95.3 Å². The van der Waals surface area contributed by atoms with Crippen LogP contribution in [0.4, 0.5) is 17.1 Å². The minimum absolute atomic E-state index is 1.11. The predicted octanol–water partition coefficient (Wildman–Crippen LogP) is 17.2. The van der Waals surface area contributed by atoms with E-state index in [1.54, 1.807) is 0 Å². The summed E-state index contributed by atoms with van der Waals surface area (Å²) in [7, 11) is 0. The van der Waals surface area contributed by atoms with Gasteiger partial charge in [0.1, 0.15) is 0 Å². The summed E-state index contributed by atoms with van der Waals surface area (Å²) in [6, 6.07) is 78.4. The van der Waals surface area contributed by atoms with Crippen LogP contribution in [0.1, 0.15) is 0 Å². The fraction of sp³-hybridized carbons (Fsp3) is 0. The van der Waals surface area contributed by atoms with Gasteiger partial charge in [-0.05, 0) is 123 Å². The second-order valence-corrected chi connectivity index (χ2v) is 17.5. The molecule has 0 aliphatic rings. The molecular weight excluding hydrogens is 751 g/mol. The van der Waals surface area contributed by atoms with Gasteiger partial charge in [-0.3, -0.25) is 0 Å². The minimum atomic E-state index is 1.11. The first-order valence-corrected chi connectivity index (χ1v) is 21.7. The van der Waals surface area contributed by atoms with Crippen molar-refractivity contribution >= 4 is 102 Å². The molecule has 10 aromatic carbocycles. The van der Waals surface area contributed by atoms with Crippen LogP contribution < -0.4 is 4.90 Å². The van der Waals surface area contributed by atoms with Crippen molar-refractivity contribution in [1.29, 1.82) is 0 Å². The third kappa shape index (κ3) is 5.81. The van der Waals surface area contributed by atoms with Crippen LogP contribution in [-0.2, 0) is 0 Å². The van der Waals surface area contributed by atoms with Crippen molar-refractivity contribution in [2.75, 3.05) is 4.90 Å². The highest BCUT2D eigenvalue weighted by atomic mass is 32.1. The highest BCUT2D eigenvalue weighted by Crippen LogP contribution is 2.44. The first-order valence-electron chi connectivity index (χ1n) is 20.1. The van der Waals surface area contributed by atoms with E-state index >= 15 is 0 Å². The molecule has 0 N–H and O–H groups in total. The number of nitrogens with zero attached hydrogens (tertiary/aromatic N) is 1. The lowest BCUT2D eigenvalue weighted by Crippen LogP contribution is -2.11. The maximum absolute atomic E-state index is 2.43. The smallest absolute Gasteiger partial charge is 0.0540 e. The highest BCUT2D eigenvalue weighted by molar-refractivity contribution is 7.26. The quantitative estimate of drug-likeness (QED) is 0.162. The summed E-state index contributed by atoms with van der Waals surface area (Å²) in [5, 5.41) is 10.1. The molecule has 276 valence electrons. The van der Waals surface area contributed by atoms with Gasteiger partial charge in [0, 0.05) is 56.8 Å². The molecule has 1 nitrogen and oxygen atoms in total. The number of anilines is 3. The predicted molar refractivity (Wildman–Crippen MR) is 258 cm³/mol. The van der Waals surface area contributed by atoms with Gasteiger partial charge in [0.15, 0.2) is 0 Å². The lowest BCUT2D eigenvalue weighted by atomic mass is 9.92. The van der Waals surface area contributed by atoms with E-state index in [0.29, 0.717) is 0 Å². The average Bonchev–Trinajstić information content (AvgIpc) is 3.87. The molecule has 0 spiro atoms. The fourth-order valence-corrected chi connectivity index (χ4v) is 11.1. The van der Waals surface area contributed by atoms with E-state index < -0.39 is 0 Å². The molecule has 3 heteroatoms. The lowest BCUT2D eigenvalue weighted by molar-refractivity contribution is 1.31. The van der Waals surface area contributed by atoms with Gasteiger partial charge in [0.2, 0.25) is 0 Å². The molecule has 0 aliphatic carbocycles. The number of hydrogen-bond acceptors (Lipinski definition) is 3. The summed E-state index contributed by atoms with van der Waals surface area (Å²) in [6.45, 7) is 0. The summed E-state index contributed by atoms with van der Waals surface area (Å²) in [5.41, 5.74) is 10.7. The van der Waals surface area contributed by atoms with E-state index in [1.807, 2.05) is 22.7 Å². The molecule has 2 heterocycles. The van der Waals surface area contributed by atoms with E-state index in [0.717, 1.165) is 17.1 Å². The second kappa shape index (κ2) is 13.8. The monoisotopic (exact) mass is 785 g/mol. The van der Waals surface area contributed by atoms with Crippen LogP contribution in [0.15, 0.2) is 212 Å². The summed E-state index contributed by atoms with van der Waals surface area (Å²) in [4.78, 5) is 2.43. The third-order valence-corrected chi connectivity index (χ3v) is 14.1. The molecular formula is C56H35NS2. The Labute approximate surface area is 350 Å². The van der Waals surface area contributed by atoms with Crippen molar-refractivity contribution in [3.8, 4) is 33.4 Å². The van der Waals surface area contributed by atoms with E-state index in [1.165, 1.54) is 95.3 Å². The van der Waals surface area contributed by atoms with Crippen molar-refractivity contribution in [3.05, 3.63) is 212 Å². The molecule has 12 aromatic rings. The SMILES string of the molecule is c1ccc2c(N(c3ccc(-c4cc(-c5ccc6sc7ccccc7c6c5)cc(-c5ccc6sc7ccccc7c6c5)c4)cc3)c3cccc4ccccc34)cccc2c1. The maximum Gasteiger partial charge on any atom is 0.0540 e. The van der Waals surface area contributed by atoms with E-state index in [4.69, 9.17) is 0 Å². The van der Waals surface area contributed by atoms with Crippen molar-refractivity contribution in [2.24, 2.45) is 0 Å². The zero-order valence-corrected chi connectivity index (χ0v) is 33.6. The summed E-state index contributed by atoms with van der Waals surface area (Å²) >= 11 is 3.73. The lowest BCUT2D eigenvalue weighted by Gasteiger charge is -2.28. The first-order chi connectivity index (χ1) is 29.2. The molecule has 12 rings (SSSR count). The van der Waals surface area contributed by atoms with Gasteiger partial charge in [-0.15, -0.1) is 22.7 Å². The molecule has 0 radical (unpaired) electrons. The fourth-order valence-electron chi connectivity index (χ4n) is 8.96. The Kier molecular flexibility index (Phi) is 7.97. The Morgan fingerprint density at radius 2 is 0.644 bits per heavy atom. The molecule has 59 heavy (non-hydrogen) atoms. The number of fused-ring (bicyclic) bond motifs is 8. The molecule has 0 saturated heterocycles. The van der Waals surface area contributed by atoms with E-state index in [2.05, 4.69) is 217 Å². The van der Waals surface area contributed by atoms with Gasteiger partial charge < -0.3 is 4.90 Å². The first kappa shape index (κ1) is 34.0. The van der Waals surface area contributed by atoms with Crippen LogP contribution >= 0.6 is 22.7 Å². The van der Waals surface area contributed by atoms with Gasteiger partial charge in [0.25, 0.3) is 0 Å². The van der Waals surface area contributed by atoms with Crippen molar-refractivity contribution in [1.82, 2.24) is 0 Å². The zero-order chi connectivity index (χ0) is 38.9. The Morgan fingerprint density at radius 3 is 1.15 bits per heavy atom. The highest BCUT2D eigenvalue weighted by Gasteiger charge is 2.19. The van der Waals surface area contributed by atoms with Gasteiger partial charge in [-0.2, -0.15) is 0 Å². The van der Waals surface area contributed by atoms with Crippen LogP contribution in [0.3, 0.4) is 0 Å². The van der Waals surface area contributed by atoms with Crippen LogP contribution in [0.2, 0.25) is 0 Å². The van der Waals surface area contributed by atoms with Gasteiger partial charge in [-0.25, -0.2) is 0 Å². The van der Waals surface area contributed by atoms with Gasteiger partial charge in [-0.1, -0.05) is 133 Å². The molecule has 2 aromatic heterocycles. The molecule has 0 unspecified atom stereocenters. The van der Waals surface area contributed by atoms with Gasteiger partial charge >= 0.3 is 0 Å². The Balaban J connectivity index is 1.03. The summed E-state index contributed by atoms with van der Waals surface area (Å²) < 4.78 is 5.29. The number of hydrogen-bond donors (Lipinski definition) is 0. The number of thiophene rings is 2. The largest absolute Gasteiger partial charge is 0.309 e. The molecule has 0 aliphatic heterocycles. The normalized spacial score (nSPS) is 11.7. The van der Waals surface area contributed by atoms with Crippen molar-refractivity contribution in [2.45, 2.75) is 0 Å². The standard InChI is InChI=1S/C56H35NS2/c1-3-15-45-37(11-1)13-9-19-51(45)57(52-20-10-14-38-12-2-4-16-46(38)52)44-27-23-36(24-28-44)41-31-42(39-25-29-55-49(34-39)47-17-5-7-21-53(47)58-55)33-43(32-41)40-26-30-56-50(35-40)48-18-6-8-22-54(48)59-56/h1-35H. The Hall–Kier alpha value is -7.04. The third-order valence-electron chi connectivity index (χ3n) is 11.8. The van der Waals surface area contributed by atoms with E-state index in [9.17, 15) is 0 Å². The Bertz CT molecular complexity index is 3350. The molecule has 0 fully saturated rings. The van der Waals surface area contributed by atoms with Gasteiger partial charge in [0.05, 0.1) is 11.4 Å². The van der Waals surface area contributed by atoms with Crippen LogP contribution in [0.5, 0.6) is 0 Å². The van der Waals surface area contributed by atoms with Crippen LogP contribution in [-0.4, -0.2) is 0 Å². The average molecular weight is 786 g/mol. The van der Waals surface area contributed by atoms with Crippen molar-refractivity contribution < 1.29 is 0 Å². The second-order valence-electron chi connectivity index (χ2n) is 15.3. The number of benzene rings is 10. The van der Waals surface area contributed by atoms with Crippen molar-refractivity contribution in [3.63, 3.8) is 0 Å². The van der Waals surface area contributed by atoms with Crippen LogP contribution in [0, 0.1) is 0 Å². The summed E-state index contributed by atoms with van der Waals surface area (Å²) in [6.07, 6.45) is 0. The summed E-state index contributed by atoms with van der Waals surface area (Å²) in [5.74, 6) is 0. The van der Waals surface area contributed by atoms with E-state index in [-0.39, 0.29) is 0 Å². The maximum atomic E-state index is 2.43. The molecule has 0 atom stereocenters.